The van der Waals surface area contributed by atoms with Gasteiger partial charge in [-0.25, -0.2) is 4.98 Å². The summed E-state index contributed by atoms with van der Waals surface area (Å²) in [5.74, 6) is 2.01. The molecule has 23 heavy (non-hydrogen) atoms. The zero-order valence-corrected chi connectivity index (χ0v) is 14.1. The van der Waals surface area contributed by atoms with Crippen LogP contribution in [0.25, 0.3) is 0 Å². The Morgan fingerprint density at radius 2 is 2.13 bits per heavy atom. The summed E-state index contributed by atoms with van der Waals surface area (Å²) in [6.45, 7) is 0.841. The Morgan fingerprint density at radius 1 is 1.26 bits per heavy atom. The zero-order chi connectivity index (χ0) is 16.1. The second-order valence-corrected chi connectivity index (χ2v) is 6.52. The van der Waals surface area contributed by atoms with E-state index < -0.39 is 0 Å². The van der Waals surface area contributed by atoms with Gasteiger partial charge in [-0.2, -0.15) is 4.98 Å². The first-order valence-corrected chi connectivity index (χ1v) is 9.16. The van der Waals surface area contributed by atoms with E-state index in [1.807, 2.05) is 18.2 Å². The molecule has 6 heteroatoms. The first-order valence-electron chi connectivity index (χ1n) is 7.93. The monoisotopic (exact) mass is 330 g/mol. The third kappa shape index (κ3) is 4.59. The number of aliphatic hydroxyl groups excluding tert-OH is 1. The highest BCUT2D eigenvalue weighted by atomic mass is 32.2. The van der Waals surface area contributed by atoms with Gasteiger partial charge in [0.15, 0.2) is 0 Å². The lowest BCUT2D eigenvalue weighted by Crippen LogP contribution is -2.09. The van der Waals surface area contributed by atoms with Crippen LogP contribution in [0.15, 0.2) is 35.2 Å². The van der Waals surface area contributed by atoms with E-state index in [1.165, 1.54) is 17.7 Å². The fourth-order valence-corrected chi connectivity index (χ4v) is 2.78. The molecule has 1 aromatic carbocycles. The summed E-state index contributed by atoms with van der Waals surface area (Å²) >= 11 is 1.72. The van der Waals surface area contributed by atoms with Crippen LogP contribution < -0.4 is 10.6 Å². The number of thioether (sulfide) groups is 1. The molecule has 2 aromatic rings. The minimum atomic E-state index is 0.169. The predicted molar refractivity (Wildman–Crippen MR) is 95.7 cm³/mol. The minimum absolute atomic E-state index is 0.169. The fourth-order valence-electron chi connectivity index (χ4n) is 2.33. The van der Waals surface area contributed by atoms with Crippen molar-refractivity contribution < 1.29 is 5.11 Å². The van der Waals surface area contributed by atoms with E-state index in [0.717, 1.165) is 17.2 Å². The average molecular weight is 330 g/mol. The molecule has 0 unspecified atom stereocenters. The molecule has 0 amide bonds. The Labute approximate surface area is 140 Å². The number of rotatable bonds is 8. The number of aromatic nitrogens is 2. The molecule has 0 spiro atoms. The molecule has 1 aromatic heterocycles. The Kier molecular flexibility index (Phi) is 5.35. The quantitative estimate of drug-likeness (QED) is 0.507. The first kappa shape index (κ1) is 16.1. The summed E-state index contributed by atoms with van der Waals surface area (Å²) in [6, 6.07) is 10.3. The van der Waals surface area contributed by atoms with Crippen molar-refractivity contribution in [2.45, 2.75) is 30.1 Å². The van der Waals surface area contributed by atoms with Crippen LogP contribution in [0.3, 0.4) is 0 Å². The van der Waals surface area contributed by atoms with Gasteiger partial charge in [0.1, 0.15) is 5.82 Å². The summed E-state index contributed by atoms with van der Waals surface area (Å²) in [7, 11) is 0. The second-order valence-electron chi connectivity index (χ2n) is 5.64. The summed E-state index contributed by atoms with van der Waals surface area (Å²) < 4.78 is 0. The molecule has 0 saturated heterocycles. The Hall–Kier alpha value is -1.79. The fraction of sp³-hybridized carbons (Fsp3) is 0.412. The topological polar surface area (TPSA) is 70.1 Å². The number of aliphatic hydroxyl groups is 1. The van der Waals surface area contributed by atoms with Gasteiger partial charge >= 0.3 is 0 Å². The number of hydrogen-bond donors (Lipinski definition) is 3. The third-order valence-corrected chi connectivity index (χ3v) is 4.43. The van der Waals surface area contributed by atoms with Crippen molar-refractivity contribution in [2.75, 3.05) is 30.0 Å². The molecule has 3 N–H and O–H groups in total. The van der Waals surface area contributed by atoms with Gasteiger partial charge in [-0.1, -0.05) is 6.07 Å². The van der Waals surface area contributed by atoms with Crippen molar-refractivity contribution >= 4 is 29.2 Å². The summed E-state index contributed by atoms with van der Waals surface area (Å²) in [4.78, 5) is 10.4. The number of hydrogen-bond acceptors (Lipinski definition) is 6. The van der Waals surface area contributed by atoms with Crippen molar-refractivity contribution in [1.29, 1.82) is 0 Å². The van der Waals surface area contributed by atoms with Gasteiger partial charge in [-0.3, -0.25) is 0 Å². The van der Waals surface area contributed by atoms with Crippen LogP contribution >= 0.6 is 11.8 Å². The van der Waals surface area contributed by atoms with Gasteiger partial charge in [0.25, 0.3) is 0 Å². The lowest BCUT2D eigenvalue weighted by Gasteiger charge is -2.11. The number of nitrogens with one attached hydrogen (secondary N) is 2. The van der Waals surface area contributed by atoms with Gasteiger partial charge in [0.05, 0.1) is 5.69 Å². The van der Waals surface area contributed by atoms with E-state index >= 15 is 0 Å². The molecule has 1 saturated carbocycles. The average Bonchev–Trinajstić information content (AvgIpc) is 3.40. The maximum absolute atomic E-state index is 8.90. The molecule has 0 aliphatic heterocycles. The highest BCUT2D eigenvalue weighted by Crippen LogP contribution is 2.40. The molecule has 1 aliphatic rings. The van der Waals surface area contributed by atoms with E-state index in [2.05, 4.69) is 39.0 Å². The number of anilines is 3. The van der Waals surface area contributed by atoms with Gasteiger partial charge in [-0.05, 0) is 43.7 Å². The molecule has 0 radical (unpaired) electrons. The van der Waals surface area contributed by atoms with E-state index in [9.17, 15) is 0 Å². The molecular formula is C17H22N4OS. The highest BCUT2D eigenvalue weighted by Gasteiger charge is 2.26. The maximum atomic E-state index is 8.90. The van der Waals surface area contributed by atoms with Crippen LogP contribution in [-0.4, -0.2) is 34.5 Å². The Bertz CT molecular complexity index is 661. The van der Waals surface area contributed by atoms with E-state index in [0.29, 0.717) is 24.8 Å². The van der Waals surface area contributed by atoms with E-state index in [1.54, 1.807) is 11.8 Å². The molecule has 5 nitrogen and oxygen atoms in total. The Balaban J connectivity index is 1.79. The molecule has 1 heterocycles. The molecule has 1 fully saturated rings. The molecule has 122 valence electrons. The largest absolute Gasteiger partial charge is 0.396 e. The lowest BCUT2D eigenvalue weighted by atomic mass is 10.2. The summed E-state index contributed by atoms with van der Waals surface area (Å²) in [5, 5.41) is 15.5. The van der Waals surface area contributed by atoms with Gasteiger partial charge in [0, 0.05) is 35.7 Å². The summed E-state index contributed by atoms with van der Waals surface area (Å²) in [6.07, 6.45) is 5.16. The zero-order valence-electron chi connectivity index (χ0n) is 13.2. The Morgan fingerprint density at radius 3 is 2.87 bits per heavy atom. The highest BCUT2D eigenvalue weighted by molar-refractivity contribution is 7.98. The normalized spacial score (nSPS) is 13.8. The van der Waals surface area contributed by atoms with Crippen LogP contribution in [-0.2, 0) is 0 Å². The maximum Gasteiger partial charge on any atom is 0.224 e. The first-order chi connectivity index (χ1) is 11.3. The predicted octanol–water partition coefficient (Wildman–Crippen LogP) is 3.61. The van der Waals surface area contributed by atoms with Crippen LogP contribution in [0, 0.1) is 0 Å². The van der Waals surface area contributed by atoms with Crippen molar-refractivity contribution in [2.24, 2.45) is 0 Å². The number of benzene rings is 1. The molecule has 0 atom stereocenters. The molecular weight excluding hydrogens is 308 g/mol. The van der Waals surface area contributed by atoms with Gasteiger partial charge in [-0.15, -0.1) is 11.8 Å². The lowest BCUT2D eigenvalue weighted by molar-refractivity contribution is 0.292. The third-order valence-electron chi connectivity index (χ3n) is 3.70. The SMILES string of the molecule is CSc1cccc(Nc2cc(C3CC3)nc(NCCCO)n2)c1. The number of nitrogens with zero attached hydrogens (tertiary/aromatic N) is 2. The second kappa shape index (κ2) is 7.66. The van der Waals surface area contributed by atoms with E-state index in [4.69, 9.17) is 5.11 Å². The van der Waals surface area contributed by atoms with Crippen molar-refractivity contribution in [3.05, 3.63) is 36.0 Å². The van der Waals surface area contributed by atoms with E-state index in [-0.39, 0.29) is 6.61 Å². The van der Waals surface area contributed by atoms with Crippen molar-refractivity contribution in [3.63, 3.8) is 0 Å². The summed E-state index contributed by atoms with van der Waals surface area (Å²) in [5.41, 5.74) is 2.12. The van der Waals surface area contributed by atoms with Gasteiger partial charge < -0.3 is 15.7 Å². The standard InChI is InChI=1S/C17H22N4OS/c1-23-14-5-2-4-13(10-14)19-16-11-15(12-6-7-12)20-17(21-16)18-8-3-9-22/h2,4-5,10-12,22H,3,6-9H2,1H3,(H2,18,19,20,21). The molecule has 0 bridgehead atoms. The van der Waals surface area contributed by atoms with Gasteiger partial charge in [0.2, 0.25) is 5.95 Å². The minimum Gasteiger partial charge on any atom is -0.396 e. The van der Waals surface area contributed by atoms with Crippen LogP contribution in [0.1, 0.15) is 30.9 Å². The van der Waals surface area contributed by atoms with Crippen LogP contribution in [0.4, 0.5) is 17.5 Å². The van der Waals surface area contributed by atoms with Crippen LogP contribution in [0.2, 0.25) is 0 Å². The van der Waals surface area contributed by atoms with Crippen molar-refractivity contribution in [3.8, 4) is 0 Å². The smallest absolute Gasteiger partial charge is 0.224 e. The van der Waals surface area contributed by atoms with Crippen LogP contribution in [0.5, 0.6) is 0 Å². The molecule has 1 aliphatic carbocycles. The molecule has 3 rings (SSSR count). The van der Waals surface area contributed by atoms with Crippen molar-refractivity contribution in [1.82, 2.24) is 9.97 Å².